The number of amides is 1. The maximum absolute atomic E-state index is 14.3. The van der Waals surface area contributed by atoms with E-state index in [2.05, 4.69) is 20.3 Å². The molecule has 1 N–H and O–H groups in total. The minimum atomic E-state index is -0.300. The fraction of sp³-hybridized carbons (Fsp3) is 0.316. The van der Waals surface area contributed by atoms with Crippen molar-refractivity contribution < 1.29 is 9.18 Å². The molecule has 2 fully saturated rings. The number of anilines is 1. The van der Waals surface area contributed by atoms with Crippen molar-refractivity contribution in [3.05, 3.63) is 48.4 Å². The predicted molar refractivity (Wildman–Crippen MR) is 95.3 cm³/mol. The standard InChI is InChI=1S/C19H18FN5O/c20-15-4-2-1-3-14(15)16-10-19(25-17(23-16)7-8-22-25)24-12-5-6-13(24)11-21-18(26)9-12/h1-4,7-8,10,12-13H,5-6,9,11H2,(H,21,26)/t12-,13+/m1/s1. The van der Waals surface area contributed by atoms with Crippen molar-refractivity contribution in [2.45, 2.75) is 31.3 Å². The number of benzene rings is 1. The Labute approximate surface area is 149 Å². The van der Waals surface area contributed by atoms with E-state index in [0.29, 0.717) is 29.9 Å². The summed E-state index contributed by atoms with van der Waals surface area (Å²) in [4.78, 5) is 18.8. The molecule has 3 aromatic rings. The number of fused-ring (bicyclic) bond motifs is 3. The molecule has 132 valence electrons. The summed E-state index contributed by atoms with van der Waals surface area (Å²) in [6.07, 6.45) is 4.15. The highest BCUT2D eigenvalue weighted by Gasteiger charge is 2.39. The molecule has 6 nitrogen and oxygen atoms in total. The van der Waals surface area contributed by atoms with E-state index < -0.39 is 0 Å². The Hall–Kier alpha value is -2.96. The second kappa shape index (κ2) is 5.79. The molecule has 1 aromatic carbocycles. The molecule has 0 aliphatic carbocycles. The molecule has 5 rings (SSSR count). The van der Waals surface area contributed by atoms with Crippen LogP contribution in [0.2, 0.25) is 0 Å². The number of nitrogens with one attached hydrogen (secondary N) is 1. The summed E-state index contributed by atoms with van der Waals surface area (Å²) >= 11 is 0. The van der Waals surface area contributed by atoms with Crippen LogP contribution >= 0.6 is 0 Å². The highest BCUT2D eigenvalue weighted by Crippen LogP contribution is 2.35. The Kier molecular flexibility index (Phi) is 3.41. The number of hydrogen-bond acceptors (Lipinski definition) is 4. The van der Waals surface area contributed by atoms with Crippen LogP contribution in [0.15, 0.2) is 42.6 Å². The predicted octanol–water partition coefficient (Wildman–Crippen LogP) is 2.39. The Balaban J connectivity index is 1.69. The lowest BCUT2D eigenvalue weighted by Gasteiger charge is -2.30. The summed E-state index contributed by atoms with van der Waals surface area (Å²) in [5.74, 6) is 0.648. The van der Waals surface area contributed by atoms with Crippen molar-refractivity contribution >= 4 is 17.4 Å². The van der Waals surface area contributed by atoms with Crippen LogP contribution < -0.4 is 10.2 Å². The molecule has 2 saturated heterocycles. The van der Waals surface area contributed by atoms with Crippen LogP contribution in [0.5, 0.6) is 0 Å². The average Bonchev–Trinajstić information content (AvgIpc) is 3.21. The lowest BCUT2D eigenvalue weighted by Crippen LogP contribution is -2.39. The zero-order chi connectivity index (χ0) is 17.7. The first-order valence-electron chi connectivity index (χ1n) is 8.85. The quantitative estimate of drug-likeness (QED) is 0.770. The van der Waals surface area contributed by atoms with Gasteiger partial charge in [-0.1, -0.05) is 12.1 Å². The van der Waals surface area contributed by atoms with Gasteiger partial charge < -0.3 is 10.2 Å². The zero-order valence-electron chi connectivity index (χ0n) is 14.1. The van der Waals surface area contributed by atoms with Gasteiger partial charge >= 0.3 is 0 Å². The molecule has 1 amide bonds. The molecule has 0 spiro atoms. The molecule has 0 unspecified atom stereocenters. The molecule has 0 saturated carbocycles. The van der Waals surface area contributed by atoms with E-state index in [1.165, 1.54) is 6.07 Å². The van der Waals surface area contributed by atoms with Gasteiger partial charge in [0, 0.05) is 42.7 Å². The van der Waals surface area contributed by atoms with Crippen molar-refractivity contribution in [3.63, 3.8) is 0 Å². The van der Waals surface area contributed by atoms with Crippen LogP contribution in [0.4, 0.5) is 10.2 Å². The van der Waals surface area contributed by atoms with Crippen molar-refractivity contribution in [1.29, 1.82) is 0 Å². The number of aromatic nitrogens is 3. The number of rotatable bonds is 2. The smallest absolute Gasteiger partial charge is 0.222 e. The van der Waals surface area contributed by atoms with Crippen LogP contribution in [0, 0.1) is 5.82 Å². The fourth-order valence-corrected chi connectivity index (χ4v) is 4.14. The van der Waals surface area contributed by atoms with Crippen molar-refractivity contribution in [2.75, 3.05) is 11.4 Å². The normalized spacial score (nSPS) is 22.5. The van der Waals surface area contributed by atoms with Crippen LogP contribution in [0.1, 0.15) is 19.3 Å². The largest absolute Gasteiger partial charge is 0.354 e. The molecule has 2 aliphatic heterocycles. The molecule has 4 heterocycles. The molecule has 2 aliphatic rings. The summed E-state index contributed by atoms with van der Waals surface area (Å²) in [5, 5.41) is 7.40. The van der Waals surface area contributed by atoms with Gasteiger partial charge in [-0.25, -0.2) is 9.37 Å². The lowest BCUT2D eigenvalue weighted by atomic mass is 10.1. The first kappa shape index (κ1) is 15.3. The first-order chi connectivity index (χ1) is 12.7. The van der Waals surface area contributed by atoms with E-state index in [4.69, 9.17) is 0 Å². The van der Waals surface area contributed by atoms with Gasteiger partial charge in [0.15, 0.2) is 5.65 Å². The Bertz CT molecular complexity index is 1000. The van der Waals surface area contributed by atoms with Gasteiger partial charge in [0.2, 0.25) is 5.91 Å². The SMILES string of the molecule is O=C1C[C@H]2CC[C@@H](CN1)N2c1cc(-c2ccccc2F)nc2ccnn12. The maximum atomic E-state index is 14.3. The van der Waals surface area contributed by atoms with E-state index in [9.17, 15) is 9.18 Å². The summed E-state index contributed by atoms with van der Waals surface area (Å²) in [7, 11) is 0. The first-order valence-corrected chi connectivity index (χ1v) is 8.85. The van der Waals surface area contributed by atoms with Gasteiger partial charge in [0.1, 0.15) is 11.6 Å². The number of carbonyl (C=O) groups excluding carboxylic acids is 1. The van der Waals surface area contributed by atoms with Crippen LogP contribution in [0.25, 0.3) is 16.9 Å². The third-order valence-electron chi connectivity index (χ3n) is 5.33. The van der Waals surface area contributed by atoms with Gasteiger partial charge in [0.05, 0.1) is 11.9 Å². The van der Waals surface area contributed by atoms with Crippen LogP contribution in [-0.2, 0) is 4.79 Å². The van der Waals surface area contributed by atoms with E-state index in [1.807, 2.05) is 12.1 Å². The Morgan fingerprint density at radius 1 is 1.15 bits per heavy atom. The summed E-state index contributed by atoms with van der Waals surface area (Å²) in [6, 6.07) is 10.7. The third kappa shape index (κ3) is 2.34. The summed E-state index contributed by atoms with van der Waals surface area (Å²) < 4.78 is 16.1. The number of nitrogens with zero attached hydrogens (tertiary/aromatic N) is 4. The van der Waals surface area contributed by atoms with E-state index in [0.717, 1.165) is 18.7 Å². The molecule has 26 heavy (non-hydrogen) atoms. The monoisotopic (exact) mass is 351 g/mol. The highest BCUT2D eigenvalue weighted by molar-refractivity contribution is 5.78. The number of halogens is 1. The Morgan fingerprint density at radius 2 is 2.00 bits per heavy atom. The van der Waals surface area contributed by atoms with Crippen LogP contribution in [-0.4, -0.2) is 39.1 Å². The fourth-order valence-electron chi connectivity index (χ4n) is 4.14. The highest BCUT2D eigenvalue weighted by atomic mass is 19.1. The molecule has 2 bridgehead atoms. The molecular formula is C19H18FN5O. The van der Waals surface area contributed by atoms with Gasteiger partial charge in [-0.2, -0.15) is 9.61 Å². The zero-order valence-corrected chi connectivity index (χ0v) is 14.1. The average molecular weight is 351 g/mol. The molecule has 0 radical (unpaired) electrons. The maximum Gasteiger partial charge on any atom is 0.222 e. The van der Waals surface area contributed by atoms with Crippen molar-refractivity contribution in [2.24, 2.45) is 0 Å². The lowest BCUT2D eigenvalue weighted by molar-refractivity contribution is -0.121. The molecule has 2 atom stereocenters. The minimum Gasteiger partial charge on any atom is -0.354 e. The van der Waals surface area contributed by atoms with Crippen molar-refractivity contribution in [3.8, 4) is 11.3 Å². The van der Waals surface area contributed by atoms with E-state index in [-0.39, 0.29) is 23.8 Å². The van der Waals surface area contributed by atoms with Crippen molar-refractivity contribution in [1.82, 2.24) is 19.9 Å². The van der Waals surface area contributed by atoms with E-state index >= 15 is 0 Å². The van der Waals surface area contributed by atoms with Gasteiger partial charge in [-0.05, 0) is 25.0 Å². The summed E-state index contributed by atoms with van der Waals surface area (Å²) in [6.45, 7) is 0.620. The van der Waals surface area contributed by atoms with Gasteiger partial charge in [0.25, 0.3) is 0 Å². The summed E-state index contributed by atoms with van der Waals surface area (Å²) in [5.41, 5.74) is 1.71. The van der Waals surface area contributed by atoms with Gasteiger partial charge in [-0.15, -0.1) is 0 Å². The minimum absolute atomic E-state index is 0.0855. The third-order valence-corrected chi connectivity index (χ3v) is 5.33. The molecular weight excluding hydrogens is 333 g/mol. The molecule has 7 heteroatoms. The van der Waals surface area contributed by atoms with E-state index in [1.54, 1.807) is 28.9 Å². The van der Waals surface area contributed by atoms with Crippen LogP contribution in [0.3, 0.4) is 0 Å². The number of hydrogen-bond donors (Lipinski definition) is 1. The topological polar surface area (TPSA) is 62.5 Å². The van der Waals surface area contributed by atoms with Gasteiger partial charge in [-0.3, -0.25) is 4.79 Å². The second-order valence-electron chi connectivity index (χ2n) is 6.88. The number of carbonyl (C=O) groups is 1. The second-order valence-corrected chi connectivity index (χ2v) is 6.88. The molecule has 2 aromatic heterocycles. The Morgan fingerprint density at radius 3 is 2.88 bits per heavy atom.